The average Bonchev–Trinajstić information content (AvgIpc) is 3.09. The number of guanidine groups is 1. The number of hydrogen-bond donors (Lipinski definition) is 2. The summed E-state index contributed by atoms with van der Waals surface area (Å²) in [5.41, 5.74) is 0.823. The van der Waals surface area contributed by atoms with Crippen LogP contribution in [0.5, 0.6) is 0 Å². The fourth-order valence-electron chi connectivity index (χ4n) is 3.30. The molecule has 1 aliphatic heterocycles. The minimum atomic E-state index is -0.484. The normalized spacial score (nSPS) is 18.0. The molecular formula is C22H38IN5O2. The first-order valence-corrected chi connectivity index (χ1v) is 10.4. The molecule has 1 aliphatic rings. The van der Waals surface area contributed by atoms with Gasteiger partial charge in [-0.1, -0.05) is 30.3 Å². The van der Waals surface area contributed by atoms with E-state index in [2.05, 4.69) is 63.7 Å². The predicted octanol–water partition coefficient (Wildman–Crippen LogP) is 3.30. The highest BCUT2D eigenvalue weighted by Crippen LogP contribution is 2.12. The van der Waals surface area contributed by atoms with Gasteiger partial charge >= 0.3 is 6.09 Å². The maximum absolute atomic E-state index is 12.0. The van der Waals surface area contributed by atoms with Crippen molar-refractivity contribution >= 4 is 36.0 Å². The summed E-state index contributed by atoms with van der Waals surface area (Å²) in [4.78, 5) is 20.9. The van der Waals surface area contributed by atoms with Gasteiger partial charge < -0.3 is 20.3 Å². The van der Waals surface area contributed by atoms with Gasteiger partial charge in [-0.05, 0) is 46.7 Å². The summed E-state index contributed by atoms with van der Waals surface area (Å²) in [7, 11) is 3.94. The monoisotopic (exact) mass is 531 g/mol. The van der Waals surface area contributed by atoms with Crippen LogP contribution in [0.3, 0.4) is 0 Å². The van der Waals surface area contributed by atoms with E-state index in [1.807, 2.05) is 26.8 Å². The Morgan fingerprint density at radius 1 is 1.33 bits per heavy atom. The molecule has 0 aromatic heterocycles. The Morgan fingerprint density at radius 2 is 2.00 bits per heavy atom. The SMILES string of the molecule is CN=C(NCC(C)N(C)Cc1ccccc1)N1CCC(NC(=O)OC(C)(C)C)C1.I. The van der Waals surface area contributed by atoms with Crippen LogP contribution in [-0.2, 0) is 11.3 Å². The van der Waals surface area contributed by atoms with Crippen LogP contribution in [0.15, 0.2) is 35.3 Å². The first-order valence-electron chi connectivity index (χ1n) is 10.4. The maximum atomic E-state index is 12.0. The summed E-state index contributed by atoms with van der Waals surface area (Å²) in [5.74, 6) is 0.874. The molecule has 1 saturated heterocycles. The van der Waals surface area contributed by atoms with Crippen molar-refractivity contribution in [3.05, 3.63) is 35.9 Å². The Labute approximate surface area is 198 Å². The van der Waals surface area contributed by atoms with Crippen LogP contribution in [0, 0.1) is 0 Å². The molecular weight excluding hydrogens is 493 g/mol. The number of likely N-dealkylation sites (N-methyl/N-ethyl adjacent to an activating group) is 1. The molecule has 7 nitrogen and oxygen atoms in total. The molecule has 0 radical (unpaired) electrons. The molecule has 170 valence electrons. The number of alkyl carbamates (subject to hydrolysis) is 1. The quantitative estimate of drug-likeness (QED) is 0.335. The van der Waals surface area contributed by atoms with Gasteiger partial charge in [-0.25, -0.2) is 4.79 Å². The fourth-order valence-corrected chi connectivity index (χ4v) is 3.30. The van der Waals surface area contributed by atoms with E-state index in [1.54, 1.807) is 7.05 Å². The molecule has 1 heterocycles. The molecule has 1 aromatic rings. The molecule has 0 aliphatic carbocycles. The Balaban J connectivity index is 0.00000450. The summed E-state index contributed by atoms with van der Waals surface area (Å²) in [6.45, 7) is 11.1. The summed E-state index contributed by atoms with van der Waals surface area (Å²) in [5, 5.41) is 6.44. The van der Waals surface area contributed by atoms with Gasteiger partial charge in [-0.3, -0.25) is 9.89 Å². The lowest BCUT2D eigenvalue weighted by Gasteiger charge is -2.28. The van der Waals surface area contributed by atoms with Crippen LogP contribution in [0.25, 0.3) is 0 Å². The first kappa shape index (κ1) is 26.5. The van der Waals surface area contributed by atoms with Crippen molar-refractivity contribution in [3.8, 4) is 0 Å². The van der Waals surface area contributed by atoms with E-state index in [4.69, 9.17) is 4.74 Å². The number of benzene rings is 1. The van der Waals surface area contributed by atoms with Crippen LogP contribution in [0.4, 0.5) is 4.79 Å². The number of hydrogen-bond acceptors (Lipinski definition) is 4. The van der Waals surface area contributed by atoms with E-state index < -0.39 is 5.60 Å². The van der Waals surface area contributed by atoms with Crippen LogP contribution in [0.1, 0.15) is 39.7 Å². The lowest BCUT2D eigenvalue weighted by atomic mass is 10.2. The standard InChI is InChI=1S/C22H37N5O2.HI/c1-17(26(6)15-18-10-8-7-9-11-18)14-24-20(23-5)27-13-12-19(16-27)25-21(28)29-22(2,3)4;/h7-11,17,19H,12-16H2,1-6H3,(H,23,24)(H,25,28);1H. The van der Waals surface area contributed by atoms with Crippen LogP contribution < -0.4 is 10.6 Å². The van der Waals surface area contributed by atoms with Crippen LogP contribution in [0.2, 0.25) is 0 Å². The van der Waals surface area contributed by atoms with Gasteiger partial charge in [0.05, 0.1) is 6.04 Å². The smallest absolute Gasteiger partial charge is 0.407 e. The van der Waals surface area contributed by atoms with Gasteiger partial charge in [-0.15, -0.1) is 24.0 Å². The van der Waals surface area contributed by atoms with Crippen LogP contribution in [-0.4, -0.2) is 73.3 Å². The zero-order valence-electron chi connectivity index (χ0n) is 19.1. The molecule has 1 amide bonds. The predicted molar refractivity (Wildman–Crippen MR) is 133 cm³/mol. The second kappa shape index (κ2) is 12.3. The Kier molecular flexibility index (Phi) is 10.9. The highest BCUT2D eigenvalue weighted by molar-refractivity contribution is 14.0. The minimum absolute atomic E-state index is 0. The van der Waals surface area contributed by atoms with Gasteiger partial charge in [0.15, 0.2) is 5.96 Å². The summed E-state index contributed by atoms with van der Waals surface area (Å²) < 4.78 is 5.36. The van der Waals surface area contributed by atoms with Crippen molar-refractivity contribution < 1.29 is 9.53 Å². The number of aliphatic imine (C=N–C) groups is 1. The van der Waals surface area contributed by atoms with Crippen molar-refractivity contribution in [2.75, 3.05) is 33.7 Å². The van der Waals surface area contributed by atoms with E-state index in [0.717, 1.165) is 38.6 Å². The lowest BCUT2D eigenvalue weighted by molar-refractivity contribution is 0.0507. The summed E-state index contributed by atoms with van der Waals surface area (Å²) in [6.07, 6.45) is 0.520. The highest BCUT2D eigenvalue weighted by atomic mass is 127. The second-order valence-corrected chi connectivity index (χ2v) is 8.76. The topological polar surface area (TPSA) is 69.2 Å². The fraction of sp³-hybridized carbons (Fsp3) is 0.636. The van der Waals surface area contributed by atoms with Gasteiger partial charge in [0, 0.05) is 39.3 Å². The number of amides is 1. The number of carbonyl (C=O) groups excluding carboxylic acids is 1. The Bertz CT molecular complexity index is 678. The molecule has 30 heavy (non-hydrogen) atoms. The van der Waals surface area contributed by atoms with Gasteiger partial charge in [0.1, 0.15) is 5.60 Å². The molecule has 2 rings (SSSR count). The van der Waals surface area contributed by atoms with Crippen molar-refractivity contribution in [1.82, 2.24) is 20.4 Å². The lowest BCUT2D eigenvalue weighted by Crippen LogP contribution is -2.47. The van der Waals surface area contributed by atoms with E-state index >= 15 is 0 Å². The maximum Gasteiger partial charge on any atom is 0.407 e. The molecule has 1 aromatic carbocycles. The summed E-state index contributed by atoms with van der Waals surface area (Å²) >= 11 is 0. The number of halogens is 1. The van der Waals surface area contributed by atoms with Crippen molar-refractivity contribution in [1.29, 1.82) is 0 Å². The average molecular weight is 531 g/mol. The van der Waals surface area contributed by atoms with E-state index in [1.165, 1.54) is 5.56 Å². The van der Waals surface area contributed by atoms with E-state index in [9.17, 15) is 4.79 Å². The van der Waals surface area contributed by atoms with Crippen LogP contribution >= 0.6 is 24.0 Å². The molecule has 0 spiro atoms. The number of likely N-dealkylation sites (tertiary alicyclic amines) is 1. The third-order valence-corrected chi connectivity index (χ3v) is 5.00. The van der Waals surface area contributed by atoms with Gasteiger partial charge in [0.2, 0.25) is 0 Å². The molecule has 1 fully saturated rings. The number of nitrogens with zero attached hydrogens (tertiary/aromatic N) is 3. The third-order valence-electron chi connectivity index (χ3n) is 5.00. The Hall–Kier alpha value is -1.55. The highest BCUT2D eigenvalue weighted by Gasteiger charge is 2.28. The Morgan fingerprint density at radius 3 is 2.60 bits per heavy atom. The zero-order chi connectivity index (χ0) is 21.4. The molecule has 8 heteroatoms. The van der Waals surface area contributed by atoms with Crippen molar-refractivity contribution in [2.45, 2.75) is 58.3 Å². The van der Waals surface area contributed by atoms with Gasteiger partial charge in [0.25, 0.3) is 0 Å². The zero-order valence-corrected chi connectivity index (χ0v) is 21.5. The van der Waals surface area contributed by atoms with E-state index in [-0.39, 0.29) is 36.1 Å². The van der Waals surface area contributed by atoms with E-state index in [0.29, 0.717) is 6.04 Å². The molecule has 2 unspecified atom stereocenters. The number of nitrogens with one attached hydrogen (secondary N) is 2. The molecule has 2 N–H and O–H groups in total. The van der Waals surface area contributed by atoms with Crippen molar-refractivity contribution in [2.24, 2.45) is 4.99 Å². The number of ether oxygens (including phenoxy) is 1. The van der Waals surface area contributed by atoms with Crippen molar-refractivity contribution in [3.63, 3.8) is 0 Å². The molecule has 2 atom stereocenters. The molecule has 0 saturated carbocycles. The van der Waals surface area contributed by atoms with Gasteiger partial charge in [-0.2, -0.15) is 0 Å². The molecule has 0 bridgehead atoms. The summed E-state index contributed by atoms with van der Waals surface area (Å²) in [6, 6.07) is 10.9. The minimum Gasteiger partial charge on any atom is -0.444 e. The third kappa shape index (κ3) is 9.07. The second-order valence-electron chi connectivity index (χ2n) is 8.76. The largest absolute Gasteiger partial charge is 0.444 e. The first-order chi connectivity index (χ1) is 13.7. The number of carbonyl (C=O) groups is 1. The number of rotatable bonds is 6.